The fourth-order valence-electron chi connectivity index (χ4n) is 0.416. The van der Waals surface area contributed by atoms with Crippen LogP contribution in [0.1, 0.15) is 0 Å². The van der Waals surface area contributed by atoms with Gasteiger partial charge in [-0.3, -0.25) is 0 Å². The normalized spacial score (nSPS) is 16.4. The molecule has 0 bridgehead atoms. The third-order valence-electron chi connectivity index (χ3n) is 0.946. The third kappa shape index (κ3) is 7.34. The van der Waals surface area contributed by atoms with Crippen LogP contribution < -0.4 is 0 Å². The van der Waals surface area contributed by atoms with Crippen LogP contribution in [-0.2, 0) is 9.84 Å². The molecule has 0 heterocycles. The summed E-state index contributed by atoms with van der Waals surface area (Å²) in [7, 11) is 0. The Labute approximate surface area is 84.9 Å². The van der Waals surface area contributed by atoms with E-state index in [0.29, 0.717) is 19.1 Å². The minimum atomic E-state index is -0.187. The van der Waals surface area contributed by atoms with Gasteiger partial charge in [0.2, 0.25) is 0 Å². The highest BCUT2D eigenvalue weighted by Crippen LogP contribution is 2.02. The SMILES string of the molecule is [O]CC(Br)COCC(Cl)CCl. The van der Waals surface area contributed by atoms with Crippen molar-refractivity contribution in [3.8, 4) is 0 Å². The van der Waals surface area contributed by atoms with Crippen LogP contribution in [0.3, 0.4) is 0 Å². The lowest BCUT2D eigenvalue weighted by Crippen LogP contribution is -2.17. The molecule has 0 N–H and O–H groups in total. The predicted octanol–water partition coefficient (Wildman–Crippen LogP) is 2.04. The summed E-state index contributed by atoms with van der Waals surface area (Å²) in [5, 5.41) is 10.0. The Balaban J connectivity index is 3.13. The van der Waals surface area contributed by atoms with Gasteiger partial charge >= 0.3 is 0 Å². The molecule has 1 radical (unpaired) electrons. The molecule has 2 nitrogen and oxygen atoms in total. The van der Waals surface area contributed by atoms with Crippen molar-refractivity contribution in [2.45, 2.75) is 10.2 Å². The van der Waals surface area contributed by atoms with Crippen molar-refractivity contribution in [2.24, 2.45) is 0 Å². The Morgan fingerprint density at radius 2 is 2.09 bits per heavy atom. The molecule has 0 aliphatic rings. The summed E-state index contributed by atoms with van der Waals surface area (Å²) >= 11 is 14.2. The summed E-state index contributed by atoms with van der Waals surface area (Å²) in [5.41, 5.74) is 0. The Kier molecular flexibility index (Phi) is 8.30. The van der Waals surface area contributed by atoms with E-state index < -0.39 is 0 Å². The second-order valence-corrected chi connectivity index (χ2v) is 4.27. The quantitative estimate of drug-likeness (QED) is 0.675. The number of hydrogen-bond acceptors (Lipinski definition) is 1. The van der Waals surface area contributed by atoms with Crippen molar-refractivity contribution in [3.63, 3.8) is 0 Å². The van der Waals surface area contributed by atoms with Gasteiger partial charge in [-0.25, -0.2) is 5.11 Å². The first-order valence-electron chi connectivity index (χ1n) is 3.20. The summed E-state index contributed by atoms with van der Waals surface area (Å²) in [6.07, 6.45) is 0. The standard InChI is InChI=1S/C6H10BrCl2O2/c7-5(2-10)3-11-4-6(9)1-8/h5-6H,1-4H2. The molecule has 2 atom stereocenters. The second-order valence-electron chi connectivity index (χ2n) is 2.05. The van der Waals surface area contributed by atoms with Crippen molar-refractivity contribution in [1.82, 2.24) is 0 Å². The highest BCUT2D eigenvalue weighted by Gasteiger charge is 2.05. The molecule has 0 aromatic carbocycles. The molecule has 2 unspecified atom stereocenters. The van der Waals surface area contributed by atoms with Crippen LogP contribution in [0.2, 0.25) is 0 Å². The van der Waals surface area contributed by atoms with E-state index in [1.165, 1.54) is 0 Å². The first-order valence-corrected chi connectivity index (χ1v) is 5.09. The fraction of sp³-hybridized carbons (Fsp3) is 1.00. The third-order valence-corrected chi connectivity index (χ3v) is 2.29. The number of ether oxygens (including phenoxy) is 1. The molecule has 67 valence electrons. The van der Waals surface area contributed by atoms with Crippen molar-refractivity contribution in [1.29, 1.82) is 0 Å². The summed E-state index contributed by atoms with van der Waals surface area (Å²) in [4.78, 5) is -0.123. The van der Waals surface area contributed by atoms with Crippen LogP contribution in [0.15, 0.2) is 0 Å². The molecular formula is C6H10BrCl2O2. The number of halogens is 3. The zero-order valence-corrected chi connectivity index (χ0v) is 9.03. The number of alkyl halides is 3. The van der Waals surface area contributed by atoms with Gasteiger partial charge in [0.05, 0.1) is 30.0 Å². The molecule has 0 aromatic rings. The average Bonchev–Trinajstić information content (AvgIpc) is 2.04. The monoisotopic (exact) mass is 263 g/mol. The smallest absolute Gasteiger partial charge is 0.0969 e. The van der Waals surface area contributed by atoms with Gasteiger partial charge in [-0.15, -0.1) is 23.2 Å². The van der Waals surface area contributed by atoms with E-state index in [0.717, 1.165) is 0 Å². The van der Waals surface area contributed by atoms with E-state index >= 15 is 0 Å². The maximum Gasteiger partial charge on any atom is 0.0969 e. The van der Waals surface area contributed by atoms with Crippen LogP contribution in [0.5, 0.6) is 0 Å². The Hall–Kier alpha value is 0.980. The molecule has 0 saturated heterocycles. The van der Waals surface area contributed by atoms with Gasteiger partial charge in [-0.2, -0.15) is 0 Å². The van der Waals surface area contributed by atoms with Crippen LogP contribution >= 0.6 is 39.1 Å². The molecule has 0 aliphatic carbocycles. The molecule has 0 saturated carbocycles. The minimum Gasteiger partial charge on any atom is -0.379 e. The minimum absolute atomic E-state index is 0.123. The largest absolute Gasteiger partial charge is 0.379 e. The van der Waals surface area contributed by atoms with E-state index in [2.05, 4.69) is 15.9 Å². The zero-order chi connectivity index (χ0) is 8.69. The van der Waals surface area contributed by atoms with Crippen molar-refractivity contribution < 1.29 is 9.84 Å². The molecule has 11 heavy (non-hydrogen) atoms. The van der Waals surface area contributed by atoms with Crippen molar-refractivity contribution in [3.05, 3.63) is 0 Å². The van der Waals surface area contributed by atoms with E-state index in [9.17, 15) is 5.11 Å². The zero-order valence-electron chi connectivity index (χ0n) is 5.93. The lowest BCUT2D eigenvalue weighted by Gasteiger charge is -2.08. The summed E-state index contributed by atoms with van der Waals surface area (Å²) in [6.45, 7) is 0.602. The van der Waals surface area contributed by atoms with E-state index in [1.807, 2.05) is 0 Å². The molecule has 5 heteroatoms. The van der Waals surface area contributed by atoms with Crippen molar-refractivity contribution in [2.75, 3.05) is 25.7 Å². The lowest BCUT2D eigenvalue weighted by atomic mass is 10.5. The lowest BCUT2D eigenvalue weighted by molar-refractivity contribution is 0.108. The predicted molar refractivity (Wildman–Crippen MR) is 49.4 cm³/mol. The van der Waals surface area contributed by atoms with Gasteiger partial charge < -0.3 is 4.74 Å². The maximum atomic E-state index is 10.2. The van der Waals surface area contributed by atoms with Crippen LogP contribution in [0.25, 0.3) is 0 Å². The summed E-state index contributed by atoms with van der Waals surface area (Å²) in [6, 6.07) is 0. The molecule has 0 rings (SSSR count). The Bertz CT molecular complexity index is 84.7. The molecule has 0 aromatic heterocycles. The van der Waals surface area contributed by atoms with Crippen LogP contribution in [-0.4, -0.2) is 35.9 Å². The Morgan fingerprint density at radius 3 is 2.55 bits per heavy atom. The highest BCUT2D eigenvalue weighted by atomic mass is 79.9. The maximum absolute atomic E-state index is 10.2. The van der Waals surface area contributed by atoms with Gasteiger partial charge in [0.1, 0.15) is 0 Å². The van der Waals surface area contributed by atoms with Gasteiger partial charge in [0, 0.05) is 5.88 Å². The number of rotatable bonds is 6. The van der Waals surface area contributed by atoms with Crippen LogP contribution in [0.4, 0.5) is 0 Å². The van der Waals surface area contributed by atoms with E-state index in [4.69, 9.17) is 27.9 Å². The van der Waals surface area contributed by atoms with Gasteiger partial charge in [0.25, 0.3) is 0 Å². The van der Waals surface area contributed by atoms with Gasteiger partial charge in [-0.1, -0.05) is 15.9 Å². The molecule has 0 aliphatic heterocycles. The van der Waals surface area contributed by atoms with E-state index in [-0.39, 0.29) is 16.8 Å². The first-order chi connectivity index (χ1) is 5.20. The highest BCUT2D eigenvalue weighted by molar-refractivity contribution is 9.09. The van der Waals surface area contributed by atoms with Crippen LogP contribution in [0, 0.1) is 0 Å². The Morgan fingerprint density at radius 1 is 1.45 bits per heavy atom. The van der Waals surface area contributed by atoms with Gasteiger partial charge in [0.15, 0.2) is 0 Å². The molecule has 0 spiro atoms. The topological polar surface area (TPSA) is 29.1 Å². The number of hydrogen-bond donors (Lipinski definition) is 0. The average molecular weight is 265 g/mol. The molecular weight excluding hydrogens is 255 g/mol. The van der Waals surface area contributed by atoms with Gasteiger partial charge in [-0.05, 0) is 0 Å². The summed E-state index contributed by atoms with van der Waals surface area (Å²) in [5.74, 6) is 0.367. The van der Waals surface area contributed by atoms with E-state index in [1.54, 1.807) is 0 Å². The summed E-state index contributed by atoms with van der Waals surface area (Å²) < 4.78 is 5.08. The molecule has 0 fully saturated rings. The first kappa shape index (κ1) is 12.0. The van der Waals surface area contributed by atoms with Crippen molar-refractivity contribution >= 4 is 39.1 Å². The fourth-order valence-corrected chi connectivity index (χ4v) is 0.782. The molecule has 0 amide bonds. The second kappa shape index (κ2) is 7.62.